The summed E-state index contributed by atoms with van der Waals surface area (Å²) in [6, 6.07) is 10.7. The fraction of sp³-hybridized carbons (Fsp3) is 0.389. The van der Waals surface area contributed by atoms with Gasteiger partial charge < -0.3 is 67.4 Å². The number of Topliss-reactive ketones (excluding diaryl/α,β-unsaturated/α-hetero) is 1. The Kier molecular flexibility index (Phi) is 18.3. The Bertz CT molecular complexity index is 1720. The number of nitrogens with zero attached hydrogens (tertiary/aromatic N) is 4. The molecule has 0 amide bonds. The minimum Gasteiger partial charge on any atom is -1.00 e. The summed E-state index contributed by atoms with van der Waals surface area (Å²) in [5.74, 6) is 1.85. The third-order valence-electron chi connectivity index (χ3n) is 7.38. The van der Waals surface area contributed by atoms with Gasteiger partial charge in [-0.05, 0) is 26.0 Å². The maximum absolute atomic E-state index is 11.7. The molecule has 0 saturated carbocycles. The molecule has 0 unspecified atom stereocenters. The number of aliphatic hydroxyl groups is 1. The summed E-state index contributed by atoms with van der Waals surface area (Å²) in [5.41, 5.74) is 2.84. The van der Waals surface area contributed by atoms with E-state index in [9.17, 15) is 9.90 Å². The third-order valence-corrected chi connectivity index (χ3v) is 7.38. The van der Waals surface area contributed by atoms with E-state index >= 15 is 0 Å². The molecule has 4 aromatic heterocycles. The maximum atomic E-state index is 11.7. The van der Waals surface area contributed by atoms with Gasteiger partial charge in [0.25, 0.3) is 0 Å². The van der Waals surface area contributed by atoms with Crippen molar-refractivity contribution in [2.45, 2.75) is 52.2 Å². The normalized spacial score (nSPS) is 14.1. The molecule has 2 fully saturated rings. The average Bonchev–Trinajstić information content (AvgIpc) is 3.86. The predicted octanol–water partition coefficient (Wildman–Crippen LogP) is 1.72. The van der Waals surface area contributed by atoms with Crippen LogP contribution in [0.25, 0.3) is 0 Å². The third kappa shape index (κ3) is 11.8. The van der Waals surface area contributed by atoms with Gasteiger partial charge in [-0.15, -0.1) is 0 Å². The largest absolute Gasteiger partial charge is 2.00 e. The van der Waals surface area contributed by atoms with Crippen molar-refractivity contribution >= 4 is 28.8 Å². The van der Waals surface area contributed by atoms with Crippen LogP contribution in [-0.2, 0) is 37.8 Å². The molecule has 14 nitrogen and oxygen atoms in total. The summed E-state index contributed by atoms with van der Waals surface area (Å²) >= 11 is 0. The van der Waals surface area contributed by atoms with Crippen molar-refractivity contribution in [1.82, 2.24) is 19.9 Å². The number of hydrogen-bond acceptors (Lipinski definition) is 14. The Morgan fingerprint density at radius 2 is 1.23 bits per heavy atom. The van der Waals surface area contributed by atoms with Crippen molar-refractivity contribution in [3.8, 4) is 23.3 Å². The summed E-state index contributed by atoms with van der Waals surface area (Å²) in [6.45, 7) is 7.39. The predicted molar refractivity (Wildman–Crippen MR) is 185 cm³/mol. The van der Waals surface area contributed by atoms with Crippen LogP contribution in [0.15, 0.2) is 61.2 Å². The molecule has 2 aliphatic heterocycles. The fourth-order valence-electron chi connectivity index (χ4n) is 5.07. The molecule has 0 spiro atoms. The number of rotatable bonds is 12. The zero-order valence-corrected chi connectivity index (χ0v) is 33.2. The second-order valence-electron chi connectivity index (χ2n) is 11.4. The molecular formula is C36H43BrMgN4O10. The summed E-state index contributed by atoms with van der Waals surface area (Å²) in [4.78, 5) is 28.4. The summed E-state index contributed by atoms with van der Waals surface area (Å²) in [7, 11) is 3.09. The van der Waals surface area contributed by atoms with E-state index in [0.29, 0.717) is 72.2 Å². The molecule has 6 rings (SSSR count). The second kappa shape index (κ2) is 21.3. The van der Waals surface area contributed by atoms with Gasteiger partial charge in [-0.1, -0.05) is 12.1 Å². The zero-order valence-electron chi connectivity index (χ0n) is 30.2. The van der Waals surface area contributed by atoms with Crippen LogP contribution in [0.2, 0.25) is 0 Å². The number of methoxy groups -OCH3 is 2. The Labute approximate surface area is 330 Å². The number of carbonyl (C=O) groups excluding carboxylic acids is 1. The van der Waals surface area contributed by atoms with E-state index in [4.69, 9.17) is 37.9 Å². The molecule has 4 aromatic rings. The van der Waals surface area contributed by atoms with Gasteiger partial charge in [-0.2, -0.15) is 0 Å². The Hall–Kier alpha value is -3.48. The van der Waals surface area contributed by atoms with Gasteiger partial charge in [-0.3, -0.25) is 14.8 Å². The van der Waals surface area contributed by atoms with Crippen molar-refractivity contribution in [3.05, 3.63) is 102 Å². The number of ketones is 1. The van der Waals surface area contributed by atoms with Gasteiger partial charge in [0.15, 0.2) is 18.4 Å². The fourth-order valence-corrected chi connectivity index (χ4v) is 5.07. The summed E-state index contributed by atoms with van der Waals surface area (Å²) < 4.78 is 44.3. The Morgan fingerprint density at radius 3 is 1.67 bits per heavy atom. The van der Waals surface area contributed by atoms with Crippen molar-refractivity contribution in [3.63, 3.8) is 0 Å². The van der Waals surface area contributed by atoms with Gasteiger partial charge in [0, 0.05) is 42.6 Å². The van der Waals surface area contributed by atoms with Gasteiger partial charge >= 0.3 is 23.1 Å². The minimum absolute atomic E-state index is 0. The van der Waals surface area contributed by atoms with Crippen LogP contribution >= 0.6 is 0 Å². The van der Waals surface area contributed by atoms with E-state index in [0.717, 1.165) is 11.1 Å². The van der Waals surface area contributed by atoms with Crippen LogP contribution in [0.1, 0.15) is 71.8 Å². The van der Waals surface area contributed by atoms with E-state index in [2.05, 4.69) is 19.9 Å². The minimum atomic E-state index is -1.06. The molecule has 16 heteroatoms. The van der Waals surface area contributed by atoms with Crippen LogP contribution in [-0.4, -0.2) is 94.5 Å². The molecule has 0 aromatic carbocycles. The summed E-state index contributed by atoms with van der Waals surface area (Å²) in [5, 5.41) is 10.3. The first-order valence-corrected chi connectivity index (χ1v) is 15.6. The first-order chi connectivity index (χ1) is 23.7. The Balaban J connectivity index is 0.000000341. The van der Waals surface area contributed by atoms with Crippen LogP contribution in [0, 0.1) is 7.43 Å². The molecule has 2 saturated heterocycles. The molecule has 1 N–H and O–H groups in total. The van der Waals surface area contributed by atoms with Crippen LogP contribution in [0.5, 0.6) is 23.3 Å². The number of aromatic nitrogens is 4. The van der Waals surface area contributed by atoms with Gasteiger partial charge in [0.2, 0.25) is 11.8 Å². The smallest absolute Gasteiger partial charge is 1.00 e. The van der Waals surface area contributed by atoms with E-state index < -0.39 is 18.2 Å². The first kappa shape index (κ1) is 44.7. The maximum Gasteiger partial charge on any atom is 2.00 e. The standard InChI is InChI=1S/C18H22N2O5.C17H18N2O5.CH3.BrH.Mg/c1-18(2,21)16-12(5-4-6-19-16)11-25-14-10-20-15(22-3)9-13(14)17-23-7-8-24-17;1-11(20)16-12(4-3-5-18-16)10-24-14-9-19-15(21-2)8-13(14)17-22-6-7-23-17;;;/h4-6,9-10,17,21H,7-8,11H2,1-3H3;3-5,8-9,17H,6-7,10H2,1-2H3;1H3;1H;/q;;-1;;+2/p-1. The van der Waals surface area contributed by atoms with Gasteiger partial charge in [-0.25, -0.2) is 9.97 Å². The number of hydrogen-bond donors (Lipinski definition) is 1. The van der Waals surface area contributed by atoms with Crippen molar-refractivity contribution < 1.29 is 64.8 Å². The van der Waals surface area contributed by atoms with Crippen LogP contribution in [0.3, 0.4) is 0 Å². The Morgan fingerprint density at radius 1 is 0.788 bits per heavy atom. The van der Waals surface area contributed by atoms with Crippen molar-refractivity contribution in [1.29, 1.82) is 0 Å². The SMILES string of the molecule is COc1cc(C2OCCO2)c(OCc2cccnc2C(C)(C)O)cn1.COc1cc(C2OCCO2)c(OCc2cccnc2C(C)=O)cn1.[Br-].[CH3-].[Mg+2]. The van der Waals surface area contributed by atoms with Crippen LogP contribution < -0.4 is 35.9 Å². The number of carbonyl (C=O) groups is 1. The van der Waals surface area contributed by atoms with E-state index in [1.165, 1.54) is 14.0 Å². The van der Waals surface area contributed by atoms with E-state index in [-0.39, 0.29) is 66.5 Å². The molecule has 276 valence electrons. The molecule has 6 heterocycles. The molecule has 52 heavy (non-hydrogen) atoms. The quantitative estimate of drug-likeness (QED) is 0.125. The molecule has 0 radical (unpaired) electrons. The average molecular weight is 796 g/mol. The molecule has 2 aliphatic rings. The van der Waals surface area contributed by atoms with Crippen molar-refractivity contribution in [2.24, 2.45) is 0 Å². The zero-order chi connectivity index (χ0) is 34.8. The monoisotopic (exact) mass is 794 g/mol. The van der Waals surface area contributed by atoms with Crippen molar-refractivity contribution in [2.75, 3.05) is 40.6 Å². The number of halogens is 1. The molecule has 0 atom stereocenters. The van der Waals surface area contributed by atoms with Crippen LogP contribution in [0.4, 0.5) is 0 Å². The van der Waals surface area contributed by atoms with Gasteiger partial charge in [0.1, 0.15) is 36.0 Å². The first-order valence-electron chi connectivity index (χ1n) is 15.6. The van der Waals surface area contributed by atoms with E-state index in [1.807, 2.05) is 18.2 Å². The number of ether oxygens (including phenoxy) is 8. The molecular weight excluding hydrogens is 753 g/mol. The summed E-state index contributed by atoms with van der Waals surface area (Å²) in [6.07, 6.45) is 5.35. The molecule has 0 aliphatic carbocycles. The van der Waals surface area contributed by atoms with E-state index in [1.54, 1.807) is 63.9 Å². The number of pyridine rings is 4. The van der Waals surface area contributed by atoms with Gasteiger partial charge in [0.05, 0.1) is 69.9 Å². The second-order valence-corrected chi connectivity index (χ2v) is 11.4. The molecule has 0 bridgehead atoms. The topological polar surface area (TPSA) is 163 Å².